The van der Waals surface area contributed by atoms with Gasteiger partial charge in [-0.15, -0.1) is 0 Å². The molecule has 0 fully saturated rings. The van der Waals surface area contributed by atoms with E-state index in [4.69, 9.17) is 14.2 Å². The molecule has 1 N–H and O–H groups in total. The Labute approximate surface area is 120 Å². The van der Waals surface area contributed by atoms with Gasteiger partial charge >= 0.3 is 0 Å². The van der Waals surface area contributed by atoms with Gasteiger partial charge in [0, 0.05) is 26.3 Å². The van der Waals surface area contributed by atoms with Gasteiger partial charge in [-0.05, 0) is 25.0 Å². The first kappa shape index (κ1) is 16.3. The van der Waals surface area contributed by atoms with Crippen LogP contribution in [-0.2, 0) is 9.53 Å². The predicted octanol–water partition coefficient (Wildman–Crippen LogP) is 2.01. The Morgan fingerprint density at radius 1 is 1.30 bits per heavy atom. The molecule has 5 heteroatoms. The molecule has 0 saturated carbocycles. The van der Waals surface area contributed by atoms with Crippen molar-refractivity contribution in [3.63, 3.8) is 0 Å². The Balaban J connectivity index is 2.50. The third kappa shape index (κ3) is 5.48. The molecule has 1 rings (SSSR count). The van der Waals surface area contributed by atoms with Crippen LogP contribution in [0.15, 0.2) is 24.3 Å². The number of methoxy groups -OCH3 is 2. The summed E-state index contributed by atoms with van der Waals surface area (Å²) in [6.45, 7) is 3.14. The van der Waals surface area contributed by atoms with Crippen molar-refractivity contribution in [2.75, 3.05) is 27.4 Å². The number of carbonyl (C=O) groups is 1. The molecule has 112 valence electrons. The summed E-state index contributed by atoms with van der Waals surface area (Å²) in [5.41, 5.74) is 0. The number of rotatable bonds is 9. The summed E-state index contributed by atoms with van der Waals surface area (Å²) in [6.07, 6.45) is 0.898. The summed E-state index contributed by atoms with van der Waals surface area (Å²) in [5.74, 6) is 1.23. The minimum absolute atomic E-state index is 0.105. The van der Waals surface area contributed by atoms with Crippen LogP contribution in [0.2, 0.25) is 0 Å². The Morgan fingerprint density at radius 3 is 2.70 bits per heavy atom. The first-order chi connectivity index (χ1) is 9.71. The molecule has 1 amide bonds. The van der Waals surface area contributed by atoms with Gasteiger partial charge in [-0.1, -0.05) is 13.0 Å². The maximum atomic E-state index is 12.0. The van der Waals surface area contributed by atoms with Gasteiger partial charge in [0.2, 0.25) is 0 Å². The second-order valence-electron chi connectivity index (χ2n) is 4.33. The molecule has 0 bridgehead atoms. The van der Waals surface area contributed by atoms with Crippen molar-refractivity contribution in [2.24, 2.45) is 0 Å². The van der Waals surface area contributed by atoms with Crippen molar-refractivity contribution in [1.82, 2.24) is 5.32 Å². The van der Waals surface area contributed by atoms with Gasteiger partial charge in [-0.2, -0.15) is 0 Å². The highest BCUT2D eigenvalue weighted by Crippen LogP contribution is 2.20. The number of carbonyl (C=O) groups excluding carboxylic acids is 1. The fourth-order valence-electron chi connectivity index (χ4n) is 1.70. The van der Waals surface area contributed by atoms with Crippen molar-refractivity contribution in [1.29, 1.82) is 0 Å². The third-order valence-electron chi connectivity index (χ3n) is 2.81. The minimum atomic E-state index is -0.496. The van der Waals surface area contributed by atoms with Crippen molar-refractivity contribution in [3.8, 4) is 11.5 Å². The number of hydrogen-bond acceptors (Lipinski definition) is 4. The Bertz CT molecular complexity index is 409. The fraction of sp³-hybridized carbons (Fsp3) is 0.533. The van der Waals surface area contributed by atoms with Crippen molar-refractivity contribution in [3.05, 3.63) is 24.3 Å². The highest BCUT2D eigenvalue weighted by molar-refractivity contribution is 5.81. The van der Waals surface area contributed by atoms with Crippen LogP contribution < -0.4 is 14.8 Å². The average molecular weight is 281 g/mol. The smallest absolute Gasteiger partial charge is 0.261 e. The van der Waals surface area contributed by atoms with E-state index in [0.29, 0.717) is 31.1 Å². The lowest BCUT2D eigenvalue weighted by Crippen LogP contribution is -2.38. The summed E-state index contributed by atoms with van der Waals surface area (Å²) in [7, 11) is 3.24. The lowest BCUT2D eigenvalue weighted by molar-refractivity contribution is -0.128. The normalized spacial score (nSPS) is 11.8. The number of nitrogens with one attached hydrogen (secondary N) is 1. The first-order valence-corrected chi connectivity index (χ1v) is 6.78. The summed E-state index contributed by atoms with van der Waals surface area (Å²) in [6, 6.07) is 7.24. The Morgan fingerprint density at radius 2 is 2.05 bits per heavy atom. The molecule has 0 aromatic heterocycles. The van der Waals surface area contributed by atoms with Gasteiger partial charge in [-0.25, -0.2) is 0 Å². The maximum Gasteiger partial charge on any atom is 0.261 e. The summed E-state index contributed by atoms with van der Waals surface area (Å²) >= 11 is 0. The maximum absolute atomic E-state index is 12.0. The average Bonchev–Trinajstić information content (AvgIpc) is 2.49. The van der Waals surface area contributed by atoms with Crippen molar-refractivity contribution < 1.29 is 19.0 Å². The van der Waals surface area contributed by atoms with Gasteiger partial charge in [-0.3, -0.25) is 4.79 Å². The zero-order valence-electron chi connectivity index (χ0n) is 12.3. The highest BCUT2D eigenvalue weighted by Gasteiger charge is 2.17. The molecule has 0 spiro atoms. The zero-order chi connectivity index (χ0) is 14.8. The lowest BCUT2D eigenvalue weighted by Gasteiger charge is -2.17. The minimum Gasteiger partial charge on any atom is -0.497 e. The molecule has 1 aromatic rings. The second kappa shape index (κ2) is 9.20. The zero-order valence-corrected chi connectivity index (χ0v) is 12.3. The summed E-state index contributed by atoms with van der Waals surface area (Å²) in [5, 5.41) is 2.84. The molecule has 0 heterocycles. The molecule has 0 radical (unpaired) electrons. The van der Waals surface area contributed by atoms with Crippen LogP contribution in [0.25, 0.3) is 0 Å². The van der Waals surface area contributed by atoms with E-state index in [0.717, 1.165) is 6.42 Å². The van der Waals surface area contributed by atoms with E-state index in [1.807, 2.05) is 25.1 Å². The molecule has 1 atom stereocenters. The van der Waals surface area contributed by atoms with Crippen molar-refractivity contribution >= 4 is 5.91 Å². The van der Waals surface area contributed by atoms with E-state index in [9.17, 15) is 4.79 Å². The van der Waals surface area contributed by atoms with Crippen LogP contribution in [0.4, 0.5) is 0 Å². The predicted molar refractivity (Wildman–Crippen MR) is 77.2 cm³/mol. The second-order valence-corrected chi connectivity index (χ2v) is 4.33. The van der Waals surface area contributed by atoms with Crippen LogP contribution in [0.1, 0.15) is 19.8 Å². The van der Waals surface area contributed by atoms with E-state index in [-0.39, 0.29) is 5.91 Å². The molecule has 20 heavy (non-hydrogen) atoms. The Kier molecular flexibility index (Phi) is 7.50. The molecule has 0 aliphatic rings. The quantitative estimate of drug-likeness (QED) is 0.703. The van der Waals surface area contributed by atoms with Crippen LogP contribution in [0, 0.1) is 0 Å². The molecule has 0 aliphatic carbocycles. The third-order valence-corrected chi connectivity index (χ3v) is 2.81. The van der Waals surface area contributed by atoms with Crippen LogP contribution in [0.5, 0.6) is 11.5 Å². The lowest BCUT2D eigenvalue weighted by atomic mass is 10.2. The van der Waals surface area contributed by atoms with Gasteiger partial charge < -0.3 is 19.5 Å². The van der Waals surface area contributed by atoms with E-state index in [2.05, 4.69) is 5.32 Å². The molecular weight excluding hydrogens is 258 g/mol. The van der Waals surface area contributed by atoms with Gasteiger partial charge in [0.15, 0.2) is 6.10 Å². The highest BCUT2D eigenvalue weighted by atomic mass is 16.5. The van der Waals surface area contributed by atoms with E-state index < -0.39 is 6.10 Å². The van der Waals surface area contributed by atoms with E-state index >= 15 is 0 Å². The van der Waals surface area contributed by atoms with E-state index in [1.165, 1.54) is 0 Å². The molecule has 1 aromatic carbocycles. The van der Waals surface area contributed by atoms with Crippen molar-refractivity contribution in [2.45, 2.75) is 25.9 Å². The van der Waals surface area contributed by atoms with Crippen LogP contribution in [-0.4, -0.2) is 39.4 Å². The molecule has 0 saturated heterocycles. The summed E-state index contributed by atoms with van der Waals surface area (Å²) in [4.78, 5) is 12.0. The van der Waals surface area contributed by atoms with Gasteiger partial charge in [0.25, 0.3) is 5.91 Å². The molecular formula is C15H23NO4. The largest absolute Gasteiger partial charge is 0.497 e. The molecule has 0 aliphatic heterocycles. The van der Waals surface area contributed by atoms with Crippen LogP contribution >= 0.6 is 0 Å². The Hall–Kier alpha value is -1.75. The summed E-state index contributed by atoms with van der Waals surface area (Å²) < 4.78 is 15.8. The molecule has 1 unspecified atom stereocenters. The van der Waals surface area contributed by atoms with Gasteiger partial charge in [0.05, 0.1) is 7.11 Å². The number of benzene rings is 1. The number of amides is 1. The topological polar surface area (TPSA) is 56.8 Å². The standard InChI is InChI=1S/C15H23NO4/c1-4-14(15(17)16-9-6-10-18-2)20-13-8-5-7-12(11-13)19-3/h5,7-8,11,14H,4,6,9-10H2,1-3H3,(H,16,17). The number of hydrogen-bond donors (Lipinski definition) is 1. The first-order valence-electron chi connectivity index (χ1n) is 6.78. The molecule has 5 nitrogen and oxygen atoms in total. The van der Waals surface area contributed by atoms with E-state index in [1.54, 1.807) is 20.3 Å². The monoisotopic (exact) mass is 281 g/mol. The van der Waals surface area contributed by atoms with Crippen LogP contribution in [0.3, 0.4) is 0 Å². The SMILES string of the molecule is CCC(Oc1cccc(OC)c1)C(=O)NCCCOC. The fourth-order valence-corrected chi connectivity index (χ4v) is 1.70. The number of ether oxygens (including phenoxy) is 3. The van der Waals surface area contributed by atoms with Gasteiger partial charge in [0.1, 0.15) is 11.5 Å².